The fraction of sp³-hybridized carbons (Fsp3) is 0.529. The van der Waals surface area contributed by atoms with Gasteiger partial charge in [-0.15, -0.1) is 12.4 Å². The van der Waals surface area contributed by atoms with Crippen LogP contribution in [0.25, 0.3) is 11.4 Å². The number of benzene rings is 1. The molecular weight excluding hydrogens is 371 g/mol. The first-order chi connectivity index (χ1) is 11.6. The number of rotatable bonds is 4. The van der Waals surface area contributed by atoms with Crippen LogP contribution < -0.4 is 5.73 Å². The summed E-state index contributed by atoms with van der Waals surface area (Å²) in [7, 11) is 0. The summed E-state index contributed by atoms with van der Waals surface area (Å²) in [6, 6.07) is 4.80. The van der Waals surface area contributed by atoms with E-state index in [2.05, 4.69) is 10.1 Å². The molecular formula is C17H21ClF3N3O2. The van der Waals surface area contributed by atoms with Gasteiger partial charge in [0, 0.05) is 24.0 Å². The summed E-state index contributed by atoms with van der Waals surface area (Å²) in [4.78, 5) is 4.26. The Morgan fingerprint density at radius 2 is 2.04 bits per heavy atom. The van der Waals surface area contributed by atoms with Crippen molar-refractivity contribution in [2.45, 2.75) is 45.0 Å². The van der Waals surface area contributed by atoms with Gasteiger partial charge >= 0.3 is 6.18 Å². The van der Waals surface area contributed by atoms with Crippen LogP contribution in [0.4, 0.5) is 13.2 Å². The standard InChI is InChI=1S/C17H20F3N3O2.ClH/c1-4-24-12-9-16(21,15(12,2)3)14-22-13(23-25-14)10-6-5-7-11(8-10)17(18,19)20;/h5-8,12H,4,9,21H2,1-3H3;1H. The molecule has 0 radical (unpaired) electrons. The molecule has 1 fully saturated rings. The minimum absolute atomic E-state index is 0. The van der Waals surface area contributed by atoms with Crippen LogP contribution in [-0.2, 0) is 16.5 Å². The monoisotopic (exact) mass is 391 g/mol. The number of hydrogen-bond acceptors (Lipinski definition) is 5. The maximum Gasteiger partial charge on any atom is 0.416 e. The average Bonchev–Trinajstić information content (AvgIpc) is 3.04. The van der Waals surface area contributed by atoms with E-state index in [4.69, 9.17) is 15.0 Å². The molecule has 1 aromatic carbocycles. The van der Waals surface area contributed by atoms with Crippen molar-refractivity contribution in [1.29, 1.82) is 0 Å². The highest BCUT2D eigenvalue weighted by Gasteiger charge is 2.62. The molecule has 0 bridgehead atoms. The normalized spacial score (nSPS) is 24.7. The summed E-state index contributed by atoms with van der Waals surface area (Å²) in [6.45, 7) is 6.38. The van der Waals surface area contributed by atoms with Crippen LogP contribution >= 0.6 is 12.4 Å². The van der Waals surface area contributed by atoms with Crippen molar-refractivity contribution in [2.75, 3.05) is 6.61 Å². The molecule has 1 aromatic heterocycles. The third kappa shape index (κ3) is 3.21. The molecule has 0 spiro atoms. The first-order valence-electron chi connectivity index (χ1n) is 8.02. The van der Waals surface area contributed by atoms with Crippen molar-refractivity contribution in [2.24, 2.45) is 11.1 Å². The zero-order chi connectivity index (χ0) is 18.5. The Bertz CT molecular complexity index is 779. The third-order valence-corrected chi connectivity index (χ3v) is 5.09. The van der Waals surface area contributed by atoms with E-state index in [9.17, 15) is 13.2 Å². The van der Waals surface area contributed by atoms with Crippen molar-refractivity contribution in [3.8, 4) is 11.4 Å². The van der Waals surface area contributed by atoms with E-state index >= 15 is 0 Å². The summed E-state index contributed by atoms with van der Waals surface area (Å²) in [5.74, 6) is 0.294. The molecule has 2 aromatic rings. The van der Waals surface area contributed by atoms with E-state index < -0.39 is 22.7 Å². The van der Waals surface area contributed by atoms with Crippen molar-refractivity contribution in [3.05, 3.63) is 35.7 Å². The van der Waals surface area contributed by atoms with Gasteiger partial charge in [0.2, 0.25) is 11.7 Å². The summed E-state index contributed by atoms with van der Waals surface area (Å²) in [5, 5.41) is 3.82. The Labute approximate surface area is 155 Å². The Balaban J connectivity index is 0.00000243. The lowest BCUT2D eigenvalue weighted by molar-refractivity contribution is -0.162. The number of hydrogen-bond donors (Lipinski definition) is 1. The average molecular weight is 392 g/mol. The molecule has 26 heavy (non-hydrogen) atoms. The van der Waals surface area contributed by atoms with Crippen molar-refractivity contribution >= 4 is 12.4 Å². The van der Waals surface area contributed by atoms with Gasteiger partial charge in [0.25, 0.3) is 0 Å². The summed E-state index contributed by atoms with van der Waals surface area (Å²) >= 11 is 0. The van der Waals surface area contributed by atoms with E-state index in [1.807, 2.05) is 20.8 Å². The molecule has 2 unspecified atom stereocenters. The molecule has 1 saturated carbocycles. The van der Waals surface area contributed by atoms with E-state index in [1.165, 1.54) is 12.1 Å². The lowest BCUT2D eigenvalue weighted by Crippen LogP contribution is -2.67. The molecule has 2 atom stereocenters. The fourth-order valence-corrected chi connectivity index (χ4v) is 3.15. The predicted molar refractivity (Wildman–Crippen MR) is 91.7 cm³/mol. The third-order valence-electron chi connectivity index (χ3n) is 5.09. The molecule has 1 aliphatic rings. The molecule has 5 nitrogen and oxygen atoms in total. The molecule has 0 amide bonds. The first kappa shape index (κ1) is 20.7. The van der Waals surface area contributed by atoms with Gasteiger partial charge in [-0.05, 0) is 19.1 Å². The van der Waals surface area contributed by atoms with Crippen molar-refractivity contribution < 1.29 is 22.4 Å². The highest BCUT2D eigenvalue weighted by Crippen LogP contribution is 2.55. The van der Waals surface area contributed by atoms with E-state index in [0.717, 1.165) is 12.1 Å². The van der Waals surface area contributed by atoms with Gasteiger partial charge in [-0.3, -0.25) is 0 Å². The summed E-state index contributed by atoms with van der Waals surface area (Å²) in [6.07, 6.45) is -3.96. The molecule has 9 heteroatoms. The van der Waals surface area contributed by atoms with Gasteiger partial charge in [-0.25, -0.2) is 0 Å². The van der Waals surface area contributed by atoms with Gasteiger partial charge in [0.05, 0.1) is 11.7 Å². The van der Waals surface area contributed by atoms with Gasteiger partial charge in [0.15, 0.2) is 0 Å². The topological polar surface area (TPSA) is 74.2 Å². The molecule has 1 aliphatic carbocycles. The Hall–Kier alpha value is -1.64. The lowest BCUT2D eigenvalue weighted by Gasteiger charge is -2.56. The Kier molecular flexibility index (Phi) is 5.43. The number of nitrogens with zero attached hydrogens (tertiary/aromatic N) is 2. The first-order valence-corrected chi connectivity index (χ1v) is 8.02. The van der Waals surface area contributed by atoms with Gasteiger partial charge in [0.1, 0.15) is 5.54 Å². The molecule has 3 rings (SSSR count). The zero-order valence-corrected chi connectivity index (χ0v) is 15.4. The van der Waals surface area contributed by atoms with Crippen LogP contribution in [0, 0.1) is 5.41 Å². The van der Waals surface area contributed by atoms with Crippen molar-refractivity contribution in [1.82, 2.24) is 10.1 Å². The molecule has 1 heterocycles. The lowest BCUT2D eigenvalue weighted by atomic mass is 9.54. The van der Waals surface area contributed by atoms with Gasteiger partial charge < -0.3 is 15.0 Å². The molecule has 2 N–H and O–H groups in total. The van der Waals surface area contributed by atoms with Gasteiger partial charge in [-0.1, -0.05) is 31.1 Å². The Morgan fingerprint density at radius 3 is 2.62 bits per heavy atom. The number of ether oxygens (including phenoxy) is 1. The SMILES string of the molecule is CCOC1CC(N)(c2nc(-c3cccc(C(F)(F)F)c3)no2)C1(C)C.Cl. The number of halogens is 4. The predicted octanol–water partition coefficient (Wildman–Crippen LogP) is 4.17. The van der Waals surface area contributed by atoms with Crippen molar-refractivity contribution in [3.63, 3.8) is 0 Å². The minimum Gasteiger partial charge on any atom is -0.378 e. The number of aromatic nitrogens is 2. The summed E-state index contributed by atoms with van der Waals surface area (Å²) in [5.41, 5.74) is 4.62. The summed E-state index contributed by atoms with van der Waals surface area (Å²) < 4.78 is 49.5. The molecule has 0 saturated heterocycles. The van der Waals surface area contributed by atoms with Crippen LogP contribution in [0.2, 0.25) is 0 Å². The smallest absolute Gasteiger partial charge is 0.378 e. The number of alkyl halides is 3. The van der Waals surface area contributed by atoms with Crippen LogP contribution in [0.15, 0.2) is 28.8 Å². The van der Waals surface area contributed by atoms with Crippen LogP contribution in [0.5, 0.6) is 0 Å². The number of nitrogens with two attached hydrogens (primary N) is 1. The maximum absolute atomic E-state index is 12.9. The highest BCUT2D eigenvalue weighted by molar-refractivity contribution is 5.85. The quantitative estimate of drug-likeness (QED) is 0.846. The zero-order valence-electron chi connectivity index (χ0n) is 14.6. The van der Waals surface area contributed by atoms with Crippen LogP contribution in [0.1, 0.15) is 38.6 Å². The van der Waals surface area contributed by atoms with E-state index in [-0.39, 0.29) is 35.8 Å². The van der Waals surface area contributed by atoms with Crippen LogP contribution in [0.3, 0.4) is 0 Å². The van der Waals surface area contributed by atoms with Crippen LogP contribution in [-0.4, -0.2) is 22.9 Å². The highest BCUT2D eigenvalue weighted by atomic mass is 35.5. The second kappa shape index (κ2) is 6.83. The molecule has 144 valence electrons. The fourth-order valence-electron chi connectivity index (χ4n) is 3.15. The molecule has 0 aliphatic heterocycles. The van der Waals surface area contributed by atoms with E-state index in [1.54, 1.807) is 0 Å². The minimum atomic E-state index is -4.43. The maximum atomic E-state index is 12.9. The second-order valence-electron chi connectivity index (χ2n) is 6.84. The largest absolute Gasteiger partial charge is 0.416 e. The van der Waals surface area contributed by atoms with Gasteiger partial charge in [-0.2, -0.15) is 18.2 Å². The second-order valence-corrected chi connectivity index (χ2v) is 6.84. The Morgan fingerprint density at radius 1 is 1.35 bits per heavy atom. The van der Waals surface area contributed by atoms with E-state index in [0.29, 0.717) is 13.0 Å².